The largest absolute Gasteiger partial charge is 0.417 e. The molecule has 3 fully saturated rings. The molecule has 0 radical (unpaired) electrons. The highest BCUT2D eigenvalue weighted by atomic mass is 28.4. The van der Waals surface area contributed by atoms with Gasteiger partial charge in [0, 0.05) is 24.0 Å². The van der Waals surface area contributed by atoms with Crippen molar-refractivity contribution in [3.8, 4) is 0 Å². The van der Waals surface area contributed by atoms with Gasteiger partial charge in [-0.25, -0.2) is 0 Å². The van der Waals surface area contributed by atoms with Gasteiger partial charge in [0.05, 0.1) is 18.0 Å². The Labute approximate surface area is 259 Å². The zero-order valence-electron chi connectivity index (χ0n) is 28.8. The van der Waals surface area contributed by atoms with Gasteiger partial charge in [-0.05, 0) is 133 Å². The Kier molecular flexibility index (Phi) is 10.2. The molecule has 0 saturated heterocycles. The quantitative estimate of drug-likeness (QED) is 0.130. The molecule has 42 heavy (non-hydrogen) atoms. The molecule has 0 aliphatic heterocycles. The van der Waals surface area contributed by atoms with E-state index >= 15 is 0 Å². The molecule has 3 saturated carbocycles. The zero-order chi connectivity index (χ0) is 31.1. The molecule has 0 unspecified atom stereocenters. The summed E-state index contributed by atoms with van der Waals surface area (Å²) in [5.74, 6) is 1.95. The van der Waals surface area contributed by atoms with E-state index in [9.17, 15) is 0 Å². The van der Waals surface area contributed by atoms with E-state index in [2.05, 4.69) is 77.1 Å². The van der Waals surface area contributed by atoms with Gasteiger partial charge in [0.25, 0.3) is 0 Å². The first-order chi connectivity index (χ1) is 19.4. The predicted octanol–water partition coefficient (Wildman–Crippen LogP) is 8.08. The van der Waals surface area contributed by atoms with Crippen molar-refractivity contribution in [1.82, 2.24) is 0 Å². The fraction of sp³-hybridized carbons (Fsp3) is 0.875. The number of rotatable bonds is 11. The second kappa shape index (κ2) is 12.5. The van der Waals surface area contributed by atoms with Crippen LogP contribution in [0, 0.1) is 34.5 Å². The topological polar surface area (TPSA) is 70.9 Å². The first-order valence-electron chi connectivity index (χ1n) is 16.3. The average Bonchev–Trinajstić information content (AvgIpc) is 3.23. The number of hydrogen-bond donors (Lipinski definition) is 0. The van der Waals surface area contributed by atoms with E-state index in [4.69, 9.17) is 28.1 Å². The van der Waals surface area contributed by atoms with Crippen LogP contribution in [0.1, 0.15) is 51.9 Å². The van der Waals surface area contributed by atoms with E-state index in [-0.39, 0.29) is 22.9 Å². The van der Waals surface area contributed by atoms with Crippen LogP contribution in [-0.2, 0) is 23.0 Å². The second-order valence-electron chi connectivity index (χ2n) is 16.6. The molecule has 7 nitrogen and oxygen atoms in total. The second-order valence-corrected chi connectivity index (χ2v) is 30.1. The molecule has 0 amide bonds. The summed E-state index contributed by atoms with van der Waals surface area (Å²) in [6.45, 7) is 24.7. The van der Waals surface area contributed by atoms with Crippen LogP contribution in [0.25, 0.3) is 0 Å². The summed E-state index contributed by atoms with van der Waals surface area (Å²) in [5, 5.41) is 9.05. The third-order valence-corrected chi connectivity index (χ3v) is 13.4. The van der Waals surface area contributed by atoms with E-state index in [1.54, 1.807) is 19.8 Å². The van der Waals surface area contributed by atoms with Crippen LogP contribution in [0.4, 0.5) is 0 Å². The number of nitrogens with zero attached hydrogens (tertiary/aromatic N) is 2. The van der Waals surface area contributed by atoms with E-state index < -0.39 is 25.0 Å². The molecule has 4 rings (SSSR count). The smallest absolute Gasteiger partial charge is 0.184 e. The summed E-state index contributed by atoms with van der Waals surface area (Å²) in [7, 11) is -2.02. The van der Waals surface area contributed by atoms with Gasteiger partial charge in [-0.2, -0.15) is 0 Å². The fourth-order valence-corrected chi connectivity index (χ4v) is 11.3. The highest BCUT2D eigenvalue weighted by Gasteiger charge is 2.65. The number of hydrogen-bond acceptors (Lipinski definition) is 7. The van der Waals surface area contributed by atoms with Gasteiger partial charge in [-0.3, -0.25) is 0 Å². The molecule has 0 aromatic heterocycles. The van der Waals surface area contributed by atoms with Gasteiger partial charge in [0.2, 0.25) is 0 Å². The summed E-state index contributed by atoms with van der Waals surface area (Å²) < 4.78 is 20.8. The Hall–Kier alpha value is -0.789. The maximum atomic E-state index is 7.32. The third kappa shape index (κ3) is 7.36. The summed E-state index contributed by atoms with van der Waals surface area (Å²) in [4.78, 5) is 10.7. The van der Waals surface area contributed by atoms with Crippen molar-refractivity contribution >= 4 is 36.4 Å². The monoisotopic (exact) mass is 636 g/mol. The predicted molar refractivity (Wildman–Crippen MR) is 181 cm³/mol. The SMILES string of the molecule is CO/N=C1\C=C2CC[C@@H]3[C@H]([C@@H](O[Si](C)(C)C)C[C@]4(CO[Si](C)(C)C)[C@@H](/C(CO[Si](C)(C)C)=N/OC)CC[C@@H]34)[C@@]2(C)CC1. The molecule has 0 aromatic carbocycles. The molecule has 240 valence electrons. The Morgan fingerprint density at radius 2 is 1.57 bits per heavy atom. The lowest BCUT2D eigenvalue weighted by Crippen LogP contribution is -2.61. The van der Waals surface area contributed by atoms with Crippen molar-refractivity contribution in [2.45, 2.75) is 117 Å². The van der Waals surface area contributed by atoms with Crippen molar-refractivity contribution in [3.63, 3.8) is 0 Å². The van der Waals surface area contributed by atoms with Gasteiger partial charge < -0.3 is 23.0 Å². The van der Waals surface area contributed by atoms with Crippen molar-refractivity contribution in [1.29, 1.82) is 0 Å². The van der Waals surface area contributed by atoms with Gasteiger partial charge in [-0.15, -0.1) is 0 Å². The van der Waals surface area contributed by atoms with Crippen LogP contribution in [0.3, 0.4) is 0 Å². The molecule has 0 aromatic rings. The Bertz CT molecular complexity index is 1060. The fourth-order valence-electron chi connectivity index (χ4n) is 8.92. The number of fused-ring (bicyclic) bond motifs is 5. The maximum absolute atomic E-state index is 7.32. The minimum Gasteiger partial charge on any atom is -0.417 e. The molecular weight excluding hydrogens is 577 g/mol. The van der Waals surface area contributed by atoms with E-state index in [1.807, 2.05) is 0 Å². The average molecular weight is 637 g/mol. The summed E-state index contributed by atoms with van der Waals surface area (Å²) in [5.41, 5.74) is 3.81. The van der Waals surface area contributed by atoms with Gasteiger partial charge in [0.1, 0.15) is 14.2 Å². The number of oxime groups is 2. The molecular formula is C32H60N2O5Si3. The lowest BCUT2D eigenvalue weighted by molar-refractivity contribution is -0.132. The number of allylic oxidation sites excluding steroid dienone is 2. The van der Waals surface area contributed by atoms with Gasteiger partial charge >= 0.3 is 0 Å². The first-order valence-corrected chi connectivity index (χ1v) is 26.5. The normalized spacial score (nSPS) is 36.7. The van der Waals surface area contributed by atoms with Crippen LogP contribution in [0.5, 0.6) is 0 Å². The molecule has 4 aliphatic rings. The van der Waals surface area contributed by atoms with Crippen molar-refractivity contribution in [2.24, 2.45) is 44.8 Å². The highest BCUT2D eigenvalue weighted by molar-refractivity contribution is 6.70. The summed E-state index contributed by atoms with van der Waals surface area (Å²) in [6.07, 6.45) is 10.3. The Morgan fingerprint density at radius 1 is 0.881 bits per heavy atom. The lowest BCUT2D eigenvalue weighted by Gasteiger charge is -2.62. The minimum atomic E-state index is -1.85. The van der Waals surface area contributed by atoms with Crippen LogP contribution < -0.4 is 0 Å². The van der Waals surface area contributed by atoms with Crippen molar-refractivity contribution < 1.29 is 23.0 Å². The zero-order valence-corrected chi connectivity index (χ0v) is 31.8. The summed E-state index contributed by atoms with van der Waals surface area (Å²) in [6, 6.07) is 0. The molecule has 0 spiro atoms. The third-order valence-electron chi connectivity index (χ3n) is 10.4. The lowest BCUT2D eigenvalue weighted by atomic mass is 9.45. The molecule has 10 heteroatoms. The van der Waals surface area contributed by atoms with Crippen molar-refractivity contribution in [3.05, 3.63) is 11.6 Å². The highest BCUT2D eigenvalue weighted by Crippen LogP contribution is 2.67. The Morgan fingerprint density at radius 3 is 2.17 bits per heavy atom. The summed E-state index contributed by atoms with van der Waals surface area (Å²) >= 11 is 0. The van der Waals surface area contributed by atoms with E-state index in [0.717, 1.165) is 50.1 Å². The van der Waals surface area contributed by atoms with Crippen LogP contribution in [0.15, 0.2) is 22.0 Å². The molecule has 0 bridgehead atoms. The molecule has 4 aliphatic carbocycles. The van der Waals surface area contributed by atoms with Crippen molar-refractivity contribution in [2.75, 3.05) is 27.4 Å². The standard InChI is InChI=1S/C32H60N2O5Si3/c1-31-18-17-24(33-35-2)19-23(31)13-14-25-26-15-16-27(28(34-36-3)21-37-40(4,5)6)32(26,22-38-41(7,8)9)20-29(30(25)31)39-42(10,11)12/h19,25-27,29-30H,13-18,20-22H2,1-12H3/b33-24-,34-28+/t25-,26-,27+,29-,30+,31-,32+/m0/s1. The van der Waals surface area contributed by atoms with E-state index in [0.29, 0.717) is 24.4 Å². The van der Waals surface area contributed by atoms with Crippen LogP contribution in [0.2, 0.25) is 58.9 Å². The minimum absolute atomic E-state index is 0.0269. The first kappa shape index (κ1) is 34.1. The molecule has 7 atom stereocenters. The van der Waals surface area contributed by atoms with E-state index in [1.165, 1.54) is 12.8 Å². The Balaban J connectivity index is 1.81. The molecule has 0 N–H and O–H groups in total. The van der Waals surface area contributed by atoms with Gasteiger partial charge in [0.15, 0.2) is 25.0 Å². The van der Waals surface area contributed by atoms with Crippen LogP contribution >= 0.6 is 0 Å². The molecule has 0 heterocycles. The van der Waals surface area contributed by atoms with Crippen LogP contribution in [-0.4, -0.2) is 69.9 Å². The van der Waals surface area contributed by atoms with Gasteiger partial charge in [-0.1, -0.05) is 22.8 Å². The maximum Gasteiger partial charge on any atom is 0.184 e.